The summed E-state index contributed by atoms with van der Waals surface area (Å²) in [5.74, 6) is -2.24. The predicted molar refractivity (Wildman–Crippen MR) is 130 cm³/mol. The van der Waals surface area contributed by atoms with Crippen molar-refractivity contribution < 1.29 is 33.8 Å². The molecule has 1 aliphatic heterocycles. The molecule has 0 aromatic heterocycles. The predicted octanol–water partition coefficient (Wildman–Crippen LogP) is 3.56. The number of imide groups is 2. The summed E-state index contributed by atoms with van der Waals surface area (Å²) < 4.78 is 11.1. The molecule has 2 aromatic carbocycles. The molecule has 9 nitrogen and oxygen atoms in total. The van der Waals surface area contributed by atoms with E-state index in [1.54, 1.807) is 37.3 Å². The number of carbonyl (C=O) groups excluding carboxylic acids is 3. The van der Waals surface area contributed by atoms with Gasteiger partial charge in [-0.3, -0.25) is 14.9 Å². The molecule has 3 rings (SSSR count). The SMILES string of the molecule is C=CCc1cc(/C=C2\C(=O)NC(=O)N(c3cc(C)cc(C)c3)C2=O)cc(OCC)c1OCC(=O)O. The van der Waals surface area contributed by atoms with E-state index in [1.165, 1.54) is 6.08 Å². The van der Waals surface area contributed by atoms with E-state index in [1.807, 2.05) is 19.9 Å². The number of ether oxygens (including phenoxy) is 2. The Balaban J connectivity index is 2.09. The smallest absolute Gasteiger partial charge is 0.341 e. The van der Waals surface area contributed by atoms with Gasteiger partial charge in [-0.2, -0.15) is 0 Å². The number of urea groups is 1. The number of barbiturate groups is 1. The summed E-state index contributed by atoms with van der Waals surface area (Å²) in [4.78, 5) is 50.4. The third-order valence-electron chi connectivity index (χ3n) is 5.04. The lowest BCUT2D eigenvalue weighted by Crippen LogP contribution is -2.54. The van der Waals surface area contributed by atoms with E-state index < -0.39 is 30.4 Å². The summed E-state index contributed by atoms with van der Waals surface area (Å²) in [6, 6.07) is 7.62. The number of aliphatic carboxylic acids is 1. The van der Waals surface area contributed by atoms with Crippen LogP contribution in [-0.2, 0) is 20.8 Å². The zero-order valence-corrected chi connectivity index (χ0v) is 19.7. The highest BCUT2D eigenvalue weighted by Crippen LogP contribution is 2.35. The van der Waals surface area contributed by atoms with Gasteiger partial charge in [0, 0.05) is 5.56 Å². The van der Waals surface area contributed by atoms with Gasteiger partial charge in [-0.15, -0.1) is 6.58 Å². The number of allylic oxidation sites excluding steroid dienone is 1. The fourth-order valence-corrected chi connectivity index (χ4v) is 3.77. The van der Waals surface area contributed by atoms with E-state index in [0.717, 1.165) is 16.0 Å². The molecule has 1 fully saturated rings. The Morgan fingerprint density at radius 2 is 1.77 bits per heavy atom. The van der Waals surface area contributed by atoms with Crippen molar-refractivity contribution in [1.29, 1.82) is 0 Å². The Bertz CT molecular complexity index is 1230. The van der Waals surface area contributed by atoms with Gasteiger partial charge in [-0.1, -0.05) is 12.1 Å². The van der Waals surface area contributed by atoms with Crippen LogP contribution in [0.25, 0.3) is 6.08 Å². The van der Waals surface area contributed by atoms with Crippen LogP contribution in [0.5, 0.6) is 11.5 Å². The van der Waals surface area contributed by atoms with Gasteiger partial charge >= 0.3 is 12.0 Å². The molecule has 0 unspecified atom stereocenters. The fraction of sp³-hybridized carbons (Fsp3) is 0.231. The highest BCUT2D eigenvalue weighted by molar-refractivity contribution is 6.39. The topological polar surface area (TPSA) is 122 Å². The van der Waals surface area contributed by atoms with E-state index in [9.17, 15) is 19.2 Å². The van der Waals surface area contributed by atoms with Crippen LogP contribution in [0, 0.1) is 13.8 Å². The van der Waals surface area contributed by atoms with Crippen molar-refractivity contribution in [2.45, 2.75) is 27.2 Å². The number of anilines is 1. The van der Waals surface area contributed by atoms with Crippen LogP contribution in [0.1, 0.15) is 29.2 Å². The summed E-state index contributed by atoms with van der Waals surface area (Å²) in [6.45, 7) is 8.85. The van der Waals surface area contributed by atoms with Crippen LogP contribution < -0.4 is 19.7 Å². The standard InChI is InChI=1S/C26H26N2O7/c1-5-7-18-11-17(13-21(34-6-2)23(18)35-14-22(29)30)12-20-24(31)27-26(33)28(25(20)32)19-9-15(3)8-16(4)10-19/h5,8-13H,1,6-7,14H2,2-4H3,(H,29,30)(H,27,31,33)/b20-12+. The molecule has 182 valence electrons. The molecule has 4 amide bonds. The van der Waals surface area contributed by atoms with Gasteiger partial charge in [0.2, 0.25) is 0 Å². The Labute approximate surface area is 202 Å². The van der Waals surface area contributed by atoms with Crippen LogP contribution in [0.15, 0.2) is 48.6 Å². The van der Waals surface area contributed by atoms with E-state index in [2.05, 4.69) is 11.9 Å². The zero-order valence-electron chi connectivity index (χ0n) is 19.7. The number of nitrogens with one attached hydrogen (secondary N) is 1. The summed E-state index contributed by atoms with van der Waals surface area (Å²) in [7, 11) is 0. The quantitative estimate of drug-likeness (QED) is 0.321. The van der Waals surface area contributed by atoms with Gasteiger partial charge < -0.3 is 14.6 Å². The second kappa shape index (κ2) is 10.7. The molecule has 9 heteroatoms. The van der Waals surface area contributed by atoms with Crippen LogP contribution in [-0.4, -0.2) is 42.1 Å². The number of hydrogen-bond acceptors (Lipinski definition) is 6. The van der Waals surface area contributed by atoms with E-state index in [-0.39, 0.29) is 23.7 Å². The molecule has 0 spiro atoms. The molecule has 0 aliphatic carbocycles. The number of carboxylic acids is 1. The molecular weight excluding hydrogens is 452 g/mol. The maximum absolute atomic E-state index is 13.3. The maximum atomic E-state index is 13.3. The van der Waals surface area contributed by atoms with E-state index in [4.69, 9.17) is 14.6 Å². The van der Waals surface area contributed by atoms with Crippen molar-refractivity contribution in [3.63, 3.8) is 0 Å². The first-order valence-electron chi connectivity index (χ1n) is 10.9. The summed E-state index contributed by atoms with van der Waals surface area (Å²) in [6.07, 6.45) is 3.28. The molecule has 0 radical (unpaired) electrons. The lowest BCUT2D eigenvalue weighted by atomic mass is 10.0. The van der Waals surface area contributed by atoms with Crippen molar-refractivity contribution in [2.75, 3.05) is 18.1 Å². The molecule has 0 bridgehead atoms. The van der Waals surface area contributed by atoms with Gasteiger partial charge in [0.25, 0.3) is 11.8 Å². The van der Waals surface area contributed by atoms with Crippen molar-refractivity contribution in [2.24, 2.45) is 0 Å². The Morgan fingerprint density at radius 3 is 2.37 bits per heavy atom. The Morgan fingerprint density at radius 1 is 1.09 bits per heavy atom. The second-order valence-corrected chi connectivity index (χ2v) is 7.92. The number of nitrogens with zero attached hydrogens (tertiary/aromatic N) is 1. The first-order valence-corrected chi connectivity index (χ1v) is 10.9. The Kier molecular flexibility index (Phi) is 7.70. The molecule has 1 aliphatic rings. The average molecular weight is 479 g/mol. The van der Waals surface area contributed by atoms with Crippen LogP contribution in [0.4, 0.5) is 10.5 Å². The van der Waals surface area contributed by atoms with Crippen molar-refractivity contribution in [3.8, 4) is 11.5 Å². The van der Waals surface area contributed by atoms with E-state index in [0.29, 0.717) is 23.2 Å². The first kappa shape index (κ1) is 25.2. The number of aryl methyl sites for hydroxylation is 2. The number of carbonyl (C=O) groups is 4. The molecular formula is C26H26N2O7. The van der Waals surface area contributed by atoms with Gasteiger partial charge in [-0.25, -0.2) is 14.5 Å². The minimum atomic E-state index is -1.15. The lowest BCUT2D eigenvalue weighted by Gasteiger charge is -2.27. The van der Waals surface area contributed by atoms with Gasteiger partial charge in [-0.05, 0) is 74.2 Å². The average Bonchev–Trinajstić information content (AvgIpc) is 2.75. The third-order valence-corrected chi connectivity index (χ3v) is 5.04. The molecule has 0 saturated carbocycles. The summed E-state index contributed by atoms with van der Waals surface area (Å²) in [5, 5.41) is 11.2. The largest absolute Gasteiger partial charge is 0.490 e. The number of amides is 4. The van der Waals surface area contributed by atoms with Gasteiger partial charge in [0.15, 0.2) is 18.1 Å². The lowest BCUT2D eigenvalue weighted by molar-refractivity contribution is -0.139. The second-order valence-electron chi connectivity index (χ2n) is 7.92. The molecule has 0 atom stereocenters. The number of rotatable bonds is 9. The monoisotopic (exact) mass is 478 g/mol. The van der Waals surface area contributed by atoms with E-state index >= 15 is 0 Å². The van der Waals surface area contributed by atoms with Crippen molar-refractivity contribution >= 4 is 35.6 Å². The summed E-state index contributed by atoms with van der Waals surface area (Å²) >= 11 is 0. The van der Waals surface area contributed by atoms with Gasteiger partial charge in [0.1, 0.15) is 5.57 Å². The molecule has 2 N–H and O–H groups in total. The van der Waals surface area contributed by atoms with Crippen molar-refractivity contribution in [3.05, 3.63) is 70.8 Å². The molecule has 2 aromatic rings. The van der Waals surface area contributed by atoms with Crippen LogP contribution in [0.2, 0.25) is 0 Å². The Hall–Kier alpha value is -4.40. The number of hydrogen-bond donors (Lipinski definition) is 2. The zero-order chi connectivity index (χ0) is 25.7. The minimum Gasteiger partial charge on any atom is -0.490 e. The minimum absolute atomic E-state index is 0.239. The number of benzene rings is 2. The fourth-order valence-electron chi connectivity index (χ4n) is 3.77. The van der Waals surface area contributed by atoms with Crippen LogP contribution >= 0.6 is 0 Å². The number of carboxylic acid groups (broad SMARTS) is 1. The molecule has 1 heterocycles. The highest BCUT2D eigenvalue weighted by atomic mass is 16.5. The molecule has 35 heavy (non-hydrogen) atoms. The highest BCUT2D eigenvalue weighted by Gasteiger charge is 2.37. The van der Waals surface area contributed by atoms with Gasteiger partial charge in [0.05, 0.1) is 12.3 Å². The van der Waals surface area contributed by atoms with Crippen LogP contribution in [0.3, 0.4) is 0 Å². The van der Waals surface area contributed by atoms with Crippen molar-refractivity contribution in [1.82, 2.24) is 5.32 Å². The molecule has 1 saturated heterocycles. The first-order chi connectivity index (χ1) is 16.6. The summed E-state index contributed by atoms with van der Waals surface area (Å²) in [5.41, 5.74) is 2.81. The maximum Gasteiger partial charge on any atom is 0.341 e. The normalized spacial score (nSPS) is 14.7. The third kappa shape index (κ3) is 5.75.